The largest absolute Gasteiger partial charge is 0.351 e. The van der Waals surface area contributed by atoms with Gasteiger partial charge in [0.15, 0.2) is 0 Å². The van der Waals surface area contributed by atoms with Crippen LogP contribution in [0.3, 0.4) is 0 Å². The van der Waals surface area contributed by atoms with Crippen molar-refractivity contribution in [2.24, 2.45) is 0 Å². The molecular weight excluding hydrogens is 322 g/mol. The highest BCUT2D eigenvalue weighted by atomic mass is 79.9. The summed E-state index contributed by atoms with van der Waals surface area (Å²) in [5, 5.41) is 5.57. The number of anilines is 1. The van der Waals surface area contributed by atoms with Gasteiger partial charge in [0, 0.05) is 27.8 Å². The molecule has 0 bridgehead atoms. The lowest BCUT2D eigenvalue weighted by molar-refractivity contribution is 0.356. The molecule has 1 aliphatic rings. The van der Waals surface area contributed by atoms with Crippen LogP contribution in [-0.4, -0.2) is 9.55 Å². The standard InChI is InChI=1S/C14H18BrN3S/c15-12-6-9-19-13(12)10-17-14-16-7-8-18(14)11-4-2-1-3-5-11/h6-9,11H,1-5,10H2,(H,16,17). The van der Waals surface area contributed by atoms with E-state index >= 15 is 0 Å². The highest BCUT2D eigenvalue weighted by molar-refractivity contribution is 9.10. The fourth-order valence-corrected chi connectivity index (χ4v) is 4.15. The second-order valence-electron chi connectivity index (χ2n) is 5.00. The minimum Gasteiger partial charge on any atom is -0.351 e. The monoisotopic (exact) mass is 339 g/mol. The molecule has 0 saturated heterocycles. The third kappa shape index (κ3) is 3.03. The first-order valence-corrected chi connectivity index (χ1v) is 8.50. The quantitative estimate of drug-likeness (QED) is 0.864. The number of aromatic nitrogens is 2. The molecule has 2 aromatic rings. The van der Waals surface area contributed by atoms with Gasteiger partial charge in [-0.15, -0.1) is 11.3 Å². The zero-order valence-electron chi connectivity index (χ0n) is 10.8. The molecule has 1 fully saturated rings. The highest BCUT2D eigenvalue weighted by Gasteiger charge is 2.17. The van der Waals surface area contributed by atoms with Gasteiger partial charge >= 0.3 is 0 Å². The Morgan fingerprint density at radius 3 is 2.95 bits per heavy atom. The summed E-state index contributed by atoms with van der Waals surface area (Å²) in [6.45, 7) is 0.835. The van der Waals surface area contributed by atoms with Gasteiger partial charge in [-0.1, -0.05) is 19.3 Å². The first kappa shape index (κ1) is 13.2. The molecule has 3 rings (SSSR count). The van der Waals surface area contributed by atoms with Crippen LogP contribution < -0.4 is 5.32 Å². The minimum absolute atomic E-state index is 0.630. The van der Waals surface area contributed by atoms with Crippen molar-refractivity contribution in [2.75, 3.05) is 5.32 Å². The molecule has 102 valence electrons. The van der Waals surface area contributed by atoms with Gasteiger partial charge in [0.2, 0.25) is 5.95 Å². The predicted molar refractivity (Wildman–Crippen MR) is 83.7 cm³/mol. The van der Waals surface area contributed by atoms with Crippen molar-refractivity contribution in [3.8, 4) is 0 Å². The van der Waals surface area contributed by atoms with Crippen molar-refractivity contribution in [3.63, 3.8) is 0 Å². The Balaban J connectivity index is 1.68. The predicted octanol–water partition coefficient (Wildman–Crippen LogP) is 4.82. The van der Waals surface area contributed by atoms with Crippen LogP contribution in [0.15, 0.2) is 28.3 Å². The van der Waals surface area contributed by atoms with Crippen LogP contribution in [0.4, 0.5) is 5.95 Å². The number of imidazole rings is 1. The minimum atomic E-state index is 0.630. The first-order chi connectivity index (χ1) is 9.34. The van der Waals surface area contributed by atoms with E-state index in [1.165, 1.54) is 41.5 Å². The third-order valence-electron chi connectivity index (χ3n) is 3.73. The Kier molecular flexibility index (Phi) is 4.23. The molecule has 0 aliphatic heterocycles. The summed E-state index contributed by atoms with van der Waals surface area (Å²) < 4.78 is 3.50. The SMILES string of the molecule is Brc1ccsc1CNc1nccn1C1CCCCC1. The van der Waals surface area contributed by atoms with Crippen molar-refractivity contribution in [2.45, 2.75) is 44.7 Å². The van der Waals surface area contributed by atoms with Crippen molar-refractivity contribution >= 4 is 33.2 Å². The molecule has 1 aliphatic carbocycles. The summed E-state index contributed by atoms with van der Waals surface area (Å²) in [7, 11) is 0. The Morgan fingerprint density at radius 1 is 1.37 bits per heavy atom. The smallest absolute Gasteiger partial charge is 0.203 e. The van der Waals surface area contributed by atoms with Gasteiger partial charge in [-0.25, -0.2) is 4.98 Å². The molecule has 1 saturated carbocycles. The average Bonchev–Trinajstić information content (AvgIpc) is 3.06. The van der Waals surface area contributed by atoms with Crippen LogP contribution in [0.5, 0.6) is 0 Å². The molecule has 3 nitrogen and oxygen atoms in total. The van der Waals surface area contributed by atoms with Gasteiger partial charge in [-0.3, -0.25) is 0 Å². The Labute approximate surface area is 126 Å². The first-order valence-electron chi connectivity index (χ1n) is 6.83. The Morgan fingerprint density at radius 2 is 2.21 bits per heavy atom. The maximum absolute atomic E-state index is 4.46. The number of halogens is 1. The van der Waals surface area contributed by atoms with E-state index in [1.54, 1.807) is 11.3 Å². The van der Waals surface area contributed by atoms with E-state index in [0.717, 1.165) is 12.5 Å². The highest BCUT2D eigenvalue weighted by Crippen LogP contribution is 2.30. The maximum Gasteiger partial charge on any atom is 0.203 e. The fraction of sp³-hybridized carbons (Fsp3) is 0.500. The van der Waals surface area contributed by atoms with E-state index in [4.69, 9.17) is 0 Å². The number of hydrogen-bond acceptors (Lipinski definition) is 3. The maximum atomic E-state index is 4.46. The summed E-state index contributed by atoms with van der Waals surface area (Å²) >= 11 is 5.34. The fourth-order valence-electron chi connectivity index (χ4n) is 2.71. The van der Waals surface area contributed by atoms with Gasteiger partial charge in [-0.2, -0.15) is 0 Å². The molecule has 0 atom stereocenters. The topological polar surface area (TPSA) is 29.9 Å². The molecule has 5 heteroatoms. The lowest BCUT2D eigenvalue weighted by atomic mass is 9.95. The molecule has 0 aromatic carbocycles. The van der Waals surface area contributed by atoms with Crippen LogP contribution in [0.1, 0.15) is 43.0 Å². The molecule has 0 unspecified atom stereocenters. The Hall–Kier alpha value is -0.810. The Bertz CT molecular complexity index is 528. The van der Waals surface area contributed by atoms with Crippen LogP contribution in [-0.2, 0) is 6.54 Å². The average molecular weight is 340 g/mol. The van der Waals surface area contributed by atoms with Gasteiger partial charge < -0.3 is 9.88 Å². The van der Waals surface area contributed by atoms with Crippen LogP contribution in [0.25, 0.3) is 0 Å². The normalized spacial score (nSPS) is 16.7. The van der Waals surface area contributed by atoms with Gasteiger partial charge in [-0.05, 0) is 40.2 Å². The molecule has 2 aromatic heterocycles. The zero-order valence-corrected chi connectivity index (χ0v) is 13.2. The lowest BCUT2D eigenvalue weighted by Crippen LogP contribution is -2.15. The molecule has 0 amide bonds. The van der Waals surface area contributed by atoms with Crippen molar-refractivity contribution in [1.29, 1.82) is 0 Å². The van der Waals surface area contributed by atoms with Crippen molar-refractivity contribution in [3.05, 3.63) is 33.2 Å². The molecule has 2 heterocycles. The van der Waals surface area contributed by atoms with E-state index in [0.29, 0.717) is 6.04 Å². The van der Waals surface area contributed by atoms with Gasteiger partial charge in [0.1, 0.15) is 0 Å². The second kappa shape index (κ2) is 6.09. The summed E-state index contributed by atoms with van der Waals surface area (Å²) in [5.41, 5.74) is 0. The summed E-state index contributed by atoms with van der Waals surface area (Å²) in [4.78, 5) is 5.78. The lowest BCUT2D eigenvalue weighted by Gasteiger charge is -2.24. The number of rotatable bonds is 4. The van der Waals surface area contributed by atoms with E-state index < -0.39 is 0 Å². The summed E-state index contributed by atoms with van der Waals surface area (Å²) in [6.07, 6.45) is 10.7. The van der Waals surface area contributed by atoms with E-state index in [9.17, 15) is 0 Å². The van der Waals surface area contributed by atoms with Crippen LogP contribution in [0.2, 0.25) is 0 Å². The summed E-state index contributed by atoms with van der Waals surface area (Å²) in [5.74, 6) is 1.01. The molecule has 1 N–H and O–H groups in total. The summed E-state index contributed by atoms with van der Waals surface area (Å²) in [6, 6.07) is 2.72. The molecule has 0 spiro atoms. The third-order valence-corrected chi connectivity index (χ3v) is 5.66. The number of nitrogens with zero attached hydrogens (tertiary/aromatic N) is 2. The second-order valence-corrected chi connectivity index (χ2v) is 6.85. The van der Waals surface area contributed by atoms with Gasteiger partial charge in [0.05, 0.1) is 6.54 Å². The number of thiophene rings is 1. The molecule has 19 heavy (non-hydrogen) atoms. The van der Waals surface area contributed by atoms with Crippen LogP contribution >= 0.6 is 27.3 Å². The van der Waals surface area contributed by atoms with Crippen LogP contribution in [0, 0.1) is 0 Å². The number of hydrogen-bond donors (Lipinski definition) is 1. The van der Waals surface area contributed by atoms with Crippen molar-refractivity contribution < 1.29 is 0 Å². The molecule has 0 radical (unpaired) electrons. The van der Waals surface area contributed by atoms with E-state index in [-0.39, 0.29) is 0 Å². The van der Waals surface area contributed by atoms with E-state index in [1.807, 2.05) is 6.20 Å². The van der Waals surface area contributed by atoms with Gasteiger partial charge in [0.25, 0.3) is 0 Å². The van der Waals surface area contributed by atoms with Crippen molar-refractivity contribution in [1.82, 2.24) is 9.55 Å². The zero-order chi connectivity index (χ0) is 13.1. The van der Waals surface area contributed by atoms with E-state index in [2.05, 4.69) is 48.4 Å². The number of nitrogens with one attached hydrogen (secondary N) is 1. The molecular formula is C14H18BrN3S.